The van der Waals surface area contributed by atoms with E-state index < -0.39 is 29.0 Å². The Balaban J connectivity index is 1.75. The molecule has 26 heavy (non-hydrogen) atoms. The molecule has 0 aliphatic carbocycles. The van der Waals surface area contributed by atoms with E-state index >= 15 is 0 Å². The zero-order valence-corrected chi connectivity index (χ0v) is 13.5. The first-order valence-corrected chi connectivity index (χ1v) is 7.72. The second kappa shape index (κ2) is 7.38. The Morgan fingerprint density at radius 2 is 1.81 bits per heavy atom. The summed E-state index contributed by atoms with van der Waals surface area (Å²) in [4.78, 5) is 34.6. The van der Waals surface area contributed by atoms with E-state index in [9.17, 15) is 22.8 Å². The van der Waals surface area contributed by atoms with E-state index in [1.54, 1.807) is 9.80 Å². The van der Waals surface area contributed by atoms with Crippen LogP contribution >= 0.6 is 0 Å². The molecule has 0 bridgehead atoms. The van der Waals surface area contributed by atoms with Crippen LogP contribution in [0.1, 0.15) is 10.5 Å². The van der Waals surface area contributed by atoms with Crippen molar-refractivity contribution in [2.45, 2.75) is 0 Å². The molecule has 136 valence electrons. The van der Waals surface area contributed by atoms with Crippen molar-refractivity contribution in [2.75, 3.05) is 36.4 Å². The average Bonchev–Trinajstić information content (AvgIpc) is 2.68. The van der Waals surface area contributed by atoms with Gasteiger partial charge in [-0.2, -0.15) is 0 Å². The van der Waals surface area contributed by atoms with Gasteiger partial charge in [0, 0.05) is 32.4 Å². The topological polar surface area (TPSA) is 78.4 Å². The predicted molar refractivity (Wildman–Crippen MR) is 86.2 cm³/mol. The first-order chi connectivity index (χ1) is 12.5. The number of rotatable bonds is 4. The van der Waals surface area contributed by atoms with Crippen molar-refractivity contribution in [1.82, 2.24) is 14.9 Å². The van der Waals surface area contributed by atoms with E-state index in [1.165, 1.54) is 12.3 Å². The van der Waals surface area contributed by atoms with Gasteiger partial charge >= 0.3 is 0 Å². The second-order valence-corrected chi connectivity index (χ2v) is 5.55. The molecule has 10 heteroatoms. The third-order valence-corrected chi connectivity index (χ3v) is 3.91. The van der Waals surface area contributed by atoms with Crippen LogP contribution in [0.5, 0.6) is 0 Å². The lowest BCUT2D eigenvalue weighted by Gasteiger charge is -2.32. The van der Waals surface area contributed by atoms with Crippen molar-refractivity contribution in [2.24, 2.45) is 0 Å². The van der Waals surface area contributed by atoms with E-state index in [2.05, 4.69) is 15.3 Å². The SMILES string of the molecule is O=CN1CCN(c2nccc(C(=O)Nc3ccc(F)c(F)c3F)n2)CC1. The number of hydrogen-bond donors (Lipinski definition) is 1. The maximum absolute atomic E-state index is 13.7. The van der Waals surface area contributed by atoms with Gasteiger partial charge in [0.15, 0.2) is 17.5 Å². The van der Waals surface area contributed by atoms with Gasteiger partial charge in [0.05, 0.1) is 5.69 Å². The number of hydrogen-bond acceptors (Lipinski definition) is 5. The normalized spacial score (nSPS) is 14.3. The van der Waals surface area contributed by atoms with Crippen molar-refractivity contribution >= 4 is 24.0 Å². The molecular formula is C16H14F3N5O2. The highest BCUT2D eigenvalue weighted by Gasteiger charge is 2.20. The van der Waals surface area contributed by atoms with Crippen molar-refractivity contribution in [1.29, 1.82) is 0 Å². The van der Waals surface area contributed by atoms with E-state index in [1.807, 2.05) is 0 Å². The summed E-state index contributed by atoms with van der Waals surface area (Å²) in [5.41, 5.74) is -0.550. The third kappa shape index (κ3) is 3.58. The molecule has 1 aromatic carbocycles. The van der Waals surface area contributed by atoms with Gasteiger partial charge in [-0.15, -0.1) is 0 Å². The standard InChI is InChI=1S/C16H14F3N5O2/c17-10-1-2-11(14(19)13(10)18)21-15(26)12-3-4-20-16(22-12)24-7-5-23(9-25)6-8-24/h1-4,9H,5-8H2,(H,21,26). The maximum atomic E-state index is 13.7. The fraction of sp³-hybridized carbons (Fsp3) is 0.250. The number of carbonyl (C=O) groups excluding carboxylic acids is 2. The molecule has 2 amide bonds. The molecule has 2 heterocycles. The Morgan fingerprint density at radius 3 is 2.50 bits per heavy atom. The number of anilines is 2. The number of amides is 2. The summed E-state index contributed by atoms with van der Waals surface area (Å²) in [7, 11) is 0. The predicted octanol–water partition coefficient (Wildman–Crippen LogP) is 1.42. The molecule has 1 aliphatic rings. The molecular weight excluding hydrogens is 351 g/mol. The highest BCUT2D eigenvalue weighted by Crippen LogP contribution is 2.20. The summed E-state index contributed by atoms with van der Waals surface area (Å²) >= 11 is 0. The van der Waals surface area contributed by atoms with Crippen LogP contribution in [0.2, 0.25) is 0 Å². The monoisotopic (exact) mass is 365 g/mol. The van der Waals surface area contributed by atoms with Gasteiger partial charge in [-0.05, 0) is 18.2 Å². The zero-order valence-electron chi connectivity index (χ0n) is 13.5. The number of nitrogens with one attached hydrogen (secondary N) is 1. The third-order valence-electron chi connectivity index (χ3n) is 3.91. The van der Waals surface area contributed by atoms with Gasteiger partial charge in [0.25, 0.3) is 5.91 Å². The molecule has 0 unspecified atom stereocenters. The minimum Gasteiger partial charge on any atom is -0.342 e. The lowest BCUT2D eigenvalue weighted by molar-refractivity contribution is -0.118. The van der Waals surface area contributed by atoms with Gasteiger partial charge in [-0.3, -0.25) is 9.59 Å². The molecule has 0 atom stereocenters. The fourth-order valence-electron chi connectivity index (χ4n) is 2.46. The first-order valence-electron chi connectivity index (χ1n) is 7.72. The molecule has 7 nitrogen and oxygen atoms in total. The summed E-state index contributed by atoms with van der Waals surface area (Å²) in [6.07, 6.45) is 2.13. The van der Waals surface area contributed by atoms with Gasteiger partial charge in [-0.1, -0.05) is 0 Å². The highest BCUT2D eigenvalue weighted by atomic mass is 19.2. The minimum atomic E-state index is -1.67. The lowest BCUT2D eigenvalue weighted by atomic mass is 10.2. The maximum Gasteiger partial charge on any atom is 0.274 e. The number of piperazine rings is 1. The second-order valence-electron chi connectivity index (χ2n) is 5.55. The largest absolute Gasteiger partial charge is 0.342 e. The molecule has 3 rings (SSSR count). The molecule has 2 aromatic rings. The number of aromatic nitrogens is 2. The minimum absolute atomic E-state index is 0.0584. The molecule has 1 aromatic heterocycles. The van der Waals surface area contributed by atoms with Crippen LogP contribution in [-0.2, 0) is 4.79 Å². The Labute approximate surface area is 146 Å². The Kier molecular flexibility index (Phi) is 5.01. The van der Waals surface area contributed by atoms with Crippen molar-refractivity contribution in [3.8, 4) is 0 Å². The highest BCUT2D eigenvalue weighted by molar-refractivity contribution is 6.03. The average molecular weight is 365 g/mol. The van der Waals surface area contributed by atoms with Gasteiger partial charge < -0.3 is 15.1 Å². The van der Waals surface area contributed by atoms with E-state index in [4.69, 9.17) is 0 Å². The van der Waals surface area contributed by atoms with Gasteiger partial charge in [0.1, 0.15) is 5.69 Å². The van der Waals surface area contributed by atoms with Crippen LogP contribution in [0.15, 0.2) is 24.4 Å². The Morgan fingerprint density at radius 1 is 1.08 bits per heavy atom. The Hall–Kier alpha value is -3.17. The quantitative estimate of drug-likeness (QED) is 0.655. The summed E-state index contributed by atoms with van der Waals surface area (Å²) in [5.74, 6) is -5.00. The molecule has 1 saturated heterocycles. The fourth-order valence-corrected chi connectivity index (χ4v) is 2.46. The number of nitrogens with zero attached hydrogens (tertiary/aromatic N) is 4. The van der Waals surface area contributed by atoms with Crippen molar-refractivity contribution < 1.29 is 22.8 Å². The summed E-state index contributed by atoms with van der Waals surface area (Å²) in [5, 5.41) is 2.16. The first kappa shape index (κ1) is 17.6. The lowest BCUT2D eigenvalue weighted by Crippen LogP contribution is -2.46. The van der Waals surface area contributed by atoms with Crippen LogP contribution in [0, 0.1) is 17.5 Å². The summed E-state index contributed by atoms with van der Waals surface area (Å²) in [6.45, 7) is 2.01. The van der Waals surface area contributed by atoms with E-state index in [0.717, 1.165) is 12.5 Å². The van der Waals surface area contributed by atoms with Crippen molar-refractivity contribution in [3.63, 3.8) is 0 Å². The van der Waals surface area contributed by atoms with Crippen LogP contribution in [-0.4, -0.2) is 53.4 Å². The number of benzene rings is 1. The zero-order chi connectivity index (χ0) is 18.7. The number of carbonyl (C=O) groups is 2. The van der Waals surface area contributed by atoms with Gasteiger partial charge in [-0.25, -0.2) is 23.1 Å². The van der Waals surface area contributed by atoms with Crippen LogP contribution in [0.3, 0.4) is 0 Å². The van der Waals surface area contributed by atoms with E-state index in [0.29, 0.717) is 32.2 Å². The molecule has 1 N–H and O–H groups in total. The Bertz CT molecular complexity index is 841. The number of halogens is 3. The summed E-state index contributed by atoms with van der Waals surface area (Å²) in [6, 6.07) is 2.95. The van der Waals surface area contributed by atoms with Crippen LogP contribution < -0.4 is 10.2 Å². The van der Waals surface area contributed by atoms with E-state index in [-0.39, 0.29) is 11.6 Å². The smallest absolute Gasteiger partial charge is 0.274 e. The van der Waals surface area contributed by atoms with Gasteiger partial charge in [0.2, 0.25) is 12.4 Å². The molecule has 0 spiro atoms. The molecule has 1 aliphatic heterocycles. The van der Waals surface area contributed by atoms with Crippen LogP contribution in [0.4, 0.5) is 24.8 Å². The summed E-state index contributed by atoms with van der Waals surface area (Å²) < 4.78 is 39.9. The molecule has 0 saturated carbocycles. The van der Waals surface area contributed by atoms with Crippen molar-refractivity contribution in [3.05, 3.63) is 47.5 Å². The molecule has 1 fully saturated rings. The van der Waals surface area contributed by atoms with Crippen LogP contribution in [0.25, 0.3) is 0 Å². The molecule has 0 radical (unpaired) electrons.